The molecule has 0 spiro atoms. The maximum atomic E-state index is 11.5. The third kappa shape index (κ3) is 19.4. The largest absolute Gasteiger partial charge is 0.466 e. The highest BCUT2D eigenvalue weighted by atomic mass is 32.2. The molecule has 0 heterocycles. The van der Waals surface area contributed by atoms with Crippen LogP contribution in [0.4, 0.5) is 0 Å². The predicted octanol–water partition coefficient (Wildman–Crippen LogP) is 4.90. The molecule has 144 valence electrons. The third-order valence-corrected chi connectivity index (χ3v) is 4.85. The Bertz CT molecular complexity index is 392. The van der Waals surface area contributed by atoms with E-state index in [0.29, 0.717) is 19.4 Å². The lowest BCUT2D eigenvalue weighted by Gasteiger charge is -2.05. The molecule has 0 unspecified atom stereocenters. The molecule has 0 radical (unpaired) electrons. The van der Waals surface area contributed by atoms with Crippen LogP contribution in [0.5, 0.6) is 0 Å². The van der Waals surface area contributed by atoms with Crippen molar-refractivity contribution in [2.24, 2.45) is 0 Å². The van der Waals surface area contributed by atoms with Crippen molar-refractivity contribution in [2.45, 2.75) is 96.8 Å². The molecule has 0 aliphatic rings. The van der Waals surface area contributed by atoms with Crippen molar-refractivity contribution in [1.82, 2.24) is 0 Å². The van der Waals surface area contributed by atoms with Crippen LogP contribution in [0, 0.1) is 0 Å². The molecule has 6 heteroatoms. The van der Waals surface area contributed by atoms with Crippen molar-refractivity contribution in [3.05, 3.63) is 0 Å². The lowest BCUT2D eigenvalue weighted by molar-refractivity contribution is -0.143. The number of hydrogen-bond acceptors (Lipinski definition) is 4. The normalized spacial score (nSPS) is 11.6. The Kier molecular flexibility index (Phi) is 15.5. The molecule has 0 saturated heterocycles. The Morgan fingerprint density at radius 3 is 1.88 bits per heavy atom. The van der Waals surface area contributed by atoms with Crippen molar-refractivity contribution in [3.8, 4) is 0 Å². The lowest BCUT2D eigenvalue weighted by Crippen LogP contribution is -2.06. The molecule has 0 aliphatic carbocycles. The van der Waals surface area contributed by atoms with Crippen LogP contribution >= 0.6 is 0 Å². The molecule has 24 heavy (non-hydrogen) atoms. The first-order valence-corrected chi connectivity index (χ1v) is 11.2. The summed E-state index contributed by atoms with van der Waals surface area (Å²) in [7, 11) is -3.84. The van der Waals surface area contributed by atoms with E-state index in [9.17, 15) is 13.2 Å². The molecule has 0 fully saturated rings. The summed E-state index contributed by atoms with van der Waals surface area (Å²) in [5.74, 6) is -0.318. The van der Waals surface area contributed by atoms with Crippen LogP contribution in [0.25, 0.3) is 0 Å². The minimum Gasteiger partial charge on any atom is -0.466 e. The van der Waals surface area contributed by atoms with Gasteiger partial charge in [-0.15, -0.1) is 0 Å². The zero-order chi connectivity index (χ0) is 18.1. The van der Waals surface area contributed by atoms with Gasteiger partial charge in [0.1, 0.15) is 0 Å². The van der Waals surface area contributed by atoms with Gasteiger partial charge in [0.15, 0.2) is 0 Å². The number of rotatable bonds is 17. The van der Waals surface area contributed by atoms with Crippen molar-refractivity contribution >= 4 is 16.1 Å². The second-order valence-electron chi connectivity index (χ2n) is 6.50. The molecule has 0 bridgehead atoms. The van der Waals surface area contributed by atoms with Gasteiger partial charge in [-0.2, -0.15) is 8.42 Å². The average Bonchev–Trinajstić information content (AvgIpc) is 2.51. The SMILES string of the molecule is CCCCCCCCCCCC(=O)OCCCCCCS(=O)(=O)O. The van der Waals surface area contributed by atoms with E-state index in [2.05, 4.69) is 6.92 Å². The molecule has 0 aromatic heterocycles. The highest BCUT2D eigenvalue weighted by Crippen LogP contribution is 2.11. The van der Waals surface area contributed by atoms with Crippen LogP contribution < -0.4 is 0 Å². The number of carbonyl (C=O) groups is 1. The fraction of sp³-hybridized carbons (Fsp3) is 0.944. The quantitative estimate of drug-likeness (QED) is 0.225. The van der Waals surface area contributed by atoms with Crippen molar-refractivity contribution in [1.29, 1.82) is 0 Å². The van der Waals surface area contributed by atoms with Gasteiger partial charge in [-0.05, 0) is 19.3 Å². The lowest BCUT2D eigenvalue weighted by atomic mass is 10.1. The minimum atomic E-state index is -3.84. The molecule has 0 aromatic rings. The van der Waals surface area contributed by atoms with Crippen LogP contribution in [-0.2, 0) is 19.6 Å². The van der Waals surface area contributed by atoms with Gasteiger partial charge in [0.25, 0.3) is 10.1 Å². The molecule has 1 N–H and O–H groups in total. The molecule has 0 amide bonds. The number of ether oxygens (including phenoxy) is 1. The van der Waals surface area contributed by atoms with Gasteiger partial charge in [0.05, 0.1) is 12.4 Å². The van der Waals surface area contributed by atoms with Crippen LogP contribution in [0.2, 0.25) is 0 Å². The van der Waals surface area contributed by atoms with E-state index >= 15 is 0 Å². The van der Waals surface area contributed by atoms with E-state index in [1.54, 1.807) is 0 Å². The summed E-state index contributed by atoms with van der Waals surface area (Å²) in [5.41, 5.74) is 0. The molecule has 0 rings (SSSR count). The summed E-state index contributed by atoms with van der Waals surface area (Å²) >= 11 is 0. The third-order valence-electron chi connectivity index (χ3n) is 4.04. The fourth-order valence-corrected chi connectivity index (χ4v) is 3.15. The summed E-state index contributed by atoms with van der Waals surface area (Å²) < 4.78 is 34.8. The second-order valence-corrected chi connectivity index (χ2v) is 8.07. The maximum Gasteiger partial charge on any atom is 0.305 e. The summed E-state index contributed by atoms with van der Waals surface area (Å²) in [6, 6.07) is 0. The van der Waals surface area contributed by atoms with Crippen LogP contribution in [0.15, 0.2) is 0 Å². The van der Waals surface area contributed by atoms with E-state index in [4.69, 9.17) is 9.29 Å². The van der Waals surface area contributed by atoms with Crippen molar-refractivity contribution in [3.63, 3.8) is 0 Å². The van der Waals surface area contributed by atoms with Gasteiger partial charge in [-0.1, -0.05) is 71.1 Å². The second kappa shape index (κ2) is 15.9. The van der Waals surface area contributed by atoms with Crippen molar-refractivity contribution < 1.29 is 22.5 Å². The Morgan fingerprint density at radius 2 is 1.29 bits per heavy atom. The van der Waals surface area contributed by atoms with Gasteiger partial charge in [0, 0.05) is 6.42 Å². The summed E-state index contributed by atoms with van der Waals surface area (Å²) in [5, 5.41) is 0. The van der Waals surface area contributed by atoms with Crippen LogP contribution in [0.3, 0.4) is 0 Å². The average molecular weight is 365 g/mol. The minimum absolute atomic E-state index is 0.129. The van der Waals surface area contributed by atoms with E-state index in [1.807, 2.05) is 0 Å². The highest BCUT2D eigenvalue weighted by molar-refractivity contribution is 7.85. The number of unbranched alkanes of at least 4 members (excludes halogenated alkanes) is 11. The van der Waals surface area contributed by atoms with Gasteiger partial charge < -0.3 is 4.74 Å². The Hall–Kier alpha value is -0.620. The molecule has 5 nitrogen and oxygen atoms in total. The van der Waals surface area contributed by atoms with Gasteiger partial charge >= 0.3 is 5.97 Å². The molecular formula is C18H36O5S. The van der Waals surface area contributed by atoms with Gasteiger partial charge in [-0.25, -0.2) is 0 Å². The van der Waals surface area contributed by atoms with Crippen molar-refractivity contribution in [2.75, 3.05) is 12.4 Å². The molecule has 0 aliphatic heterocycles. The van der Waals surface area contributed by atoms with E-state index in [0.717, 1.165) is 32.1 Å². The molecule has 0 saturated carbocycles. The van der Waals surface area contributed by atoms with E-state index in [-0.39, 0.29) is 11.7 Å². The van der Waals surface area contributed by atoms with E-state index < -0.39 is 10.1 Å². The van der Waals surface area contributed by atoms with Gasteiger partial charge in [0.2, 0.25) is 0 Å². The van der Waals surface area contributed by atoms with E-state index in [1.165, 1.54) is 44.9 Å². The van der Waals surface area contributed by atoms with Crippen LogP contribution in [0.1, 0.15) is 96.8 Å². The Labute approximate surface area is 148 Å². The maximum absolute atomic E-state index is 11.5. The Balaban J connectivity index is 3.24. The standard InChI is InChI=1S/C18H36O5S/c1-2-3-4-5-6-7-8-9-12-15-18(19)23-16-13-10-11-14-17-24(20,21)22/h2-17H2,1H3,(H,20,21,22). The molecular weight excluding hydrogens is 328 g/mol. The first kappa shape index (κ1) is 23.4. The molecule has 0 atom stereocenters. The summed E-state index contributed by atoms with van der Waals surface area (Å²) in [6.07, 6.45) is 14.3. The number of hydrogen-bond donors (Lipinski definition) is 1. The topological polar surface area (TPSA) is 80.7 Å². The smallest absolute Gasteiger partial charge is 0.305 e. The first-order chi connectivity index (χ1) is 11.5. The number of carbonyl (C=O) groups excluding carboxylic acids is 1. The Morgan fingerprint density at radius 1 is 0.792 bits per heavy atom. The summed E-state index contributed by atoms with van der Waals surface area (Å²) in [4.78, 5) is 11.5. The molecule has 0 aromatic carbocycles. The summed E-state index contributed by atoms with van der Waals surface area (Å²) in [6.45, 7) is 2.63. The predicted molar refractivity (Wildman–Crippen MR) is 97.7 cm³/mol. The van der Waals surface area contributed by atoms with Gasteiger partial charge in [-0.3, -0.25) is 9.35 Å². The fourth-order valence-electron chi connectivity index (χ4n) is 2.58. The number of esters is 1. The zero-order valence-electron chi connectivity index (χ0n) is 15.3. The monoisotopic (exact) mass is 364 g/mol. The zero-order valence-corrected chi connectivity index (χ0v) is 16.1. The highest BCUT2D eigenvalue weighted by Gasteiger charge is 2.04. The first-order valence-electron chi connectivity index (χ1n) is 9.56. The van der Waals surface area contributed by atoms with Crippen LogP contribution in [-0.4, -0.2) is 31.3 Å².